The van der Waals surface area contributed by atoms with Gasteiger partial charge in [0.25, 0.3) is 5.91 Å². The minimum atomic E-state index is -0.424. The summed E-state index contributed by atoms with van der Waals surface area (Å²) >= 11 is 3.36. The van der Waals surface area contributed by atoms with E-state index in [0.717, 1.165) is 3.57 Å². The Labute approximate surface area is 137 Å². The molecule has 3 aromatic rings. The average Bonchev–Trinajstić information content (AvgIpc) is 3.03. The number of hydrazine groups is 1. The van der Waals surface area contributed by atoms with Crippen molar-refractivity contribution in [3.8, 4) is 0 Å². The number of fused-ring (bicyclic) bond motifs is 1. The molecule has 0 atom stereocenters. The van der Waals surface area contributed by atoms with E-state index in [0.29, 0.717) is 27.1 Å². The molecule has 1 aromatic carbocycles. The number of nitrogen functional groups attached to an aromatic ring is 1. The van der Waals surface area contributed by atoms with Crippen LogP contribution in [-0.4, -0.2) is 15.7 Å². The summed E-state index contributed by atoms with van der Waals surface area (Å²) in [5, 5.41) is 4.63. The number of aromatic nitrogens is 2. The van der Waals surface area contributed by atoms with Gasteiger partial charge in [-0.2, -0.15) is 5.10 Å². The Kier molecular flexibility index (Phi) is 3.91. The van der Waals surface area contributed by atoms with Crippen molar-refractivity contribution in [2.24, 2.45) is 5.84 Å². The van der Waals surface area contributed by atoms with E-state index in [1.807, 2.05) is 6.20 Å². The number of rotatable bonds is 3. The molecule has 3 rings (SSSR count). The van der Waals surface area contributed by atoms with Gasteiger partial charge < -0.3 is 0 Å². The van der Waals surface area contributed by atoms with Gasteiger partial charge in [0.1, 0.15) is 5.82 Å². The second-order valence-corrected chi connectivity index (χ2v) is 6.65. The molecule has 0 aliphatic rings. The van der Waals surface area contributed by atoms with Gasteiger partial charge in [-0.3, -0.25) is 14.9 Å². The van der Waals surface area contributed by atoms with Crippen molar-refractivity contribution in [2.75, 3.05) is 0 Å². The van der Waals surface area contributed by atoms with E-state index in [1.54, 1.807) is 23.0 Å². The van der Waals surface area contributed by atoms with Crippen molar-refractivity contribution in [1.29, 1.82) is 0 Å². The molecular formula is C13H10FIN4OS. The third-order valence-corrected chi connectivity index (χ3v) is 4.78. The summed E-state index contributed by atoms with van der Waals surface area (Å²) in [6.07, 6.45) is 3.53. The summed E-state index contributed by atoms with van der Waals surface area (Å²) in [5.41, 5.74) is 2.70. The SMILES string of the molecule is NNC(=O)c1sc2cccc(F)c2c1Cn1cc(I)cn1. The lowest BCUT2D eigenvalue weighted by molar-refractivity contribution is 0.0957. The lowest BCUT2D eigenvalue weighted by Crippen LogP contribution is -2.30. The van der Waals surface area contributed by atoms with E-state index in [2.05, 4.69) is 33.1 Å². The van der Waals surface area contributed by atoms with Crippen LogP contribution in [0.25, 0.3) is 10.1 Å². The van der Waals surface area contributed by atoms with Crippen LogP contribution >= 0.6 is 33.9 Å². The number of carbonyl (C=O) groups is 1. The number of halogens is 2. The lowest BCUT2D eigenvalue weighted by atomic mass is 10.1. The van der Waals surface area contributed by atoms with Crippen molar-refractivity contribution in [1.82, 2.24) is 15.2 Å². The molecule has 0 unspecified atom stereocenters. The van der Waals surface area contributed by atoms with Gasteiger partial charge in [-0.15, -0.1) is 11.3 Å². The maximum Gasteiger partial charge on any atom is 0.275 e. The standard InChI is InChI=1S/C13H10FIN4OS/c14-9-2-1-3-10-11(9)8(12(21-10)13(20)18-16)6-19-5-7(15)4-17-19/h1-5H,6,16H2,(H,18,20). The molecule has 0 fully saturated rings. The van der Waals surface area contributed by atoms with Crippen molar-refractivity contribution in [2.45, 2.75) is 6.54 Å². The molecule has 3 N–H and O–H groups in total. The van der Waals surface area contributed by atoms with Gasteiger partial charge in [-0.05, 0) is 34.7 Å². The first-order chi connectivity index (χ1) is 10.1. The molecule has 0 bridgehead atoms. The Bertz CT molecular complexity index is 829. The fourth-order valence-electron chi connectivity index (χ4n) is 2.15. The molecule has 2 heterocycles. The number of amides is 1. The third kappa shape index (κ3) is 2.65. The third-order valence-electron chi connectivity index (χ3n) is 3.02. The fourth-order valence-corrected chi connectivity index (χ4v) is 3.73. The summed E-state index contributed by atoms with van der Waals surface area (Å²) in [5.74, 6) is 4.45. The maximum absolute atomic E-state index is 14.1. The summed E-state index contributed by atoms with van der Waals surface area (Å²) in [7, 11) is 0. The van der Waals surface area contributed by atoms with Crippen molar-refractivity contribution >= 4 is 49.9 Å². The van der Waals surface area contributed by atoms with E-state index in [1.165, 1.54) is 17.4 Å². The van der Waals surface area contributed by atoms with Gasteiger partial charge in [0.2, 0.25) is 0 Å². The number of benzene rings is 1. The maximum atomic E-state index is 14.1. The minimum Gasteiger partial charge on any atom is -0.289 e. The molecule has 108 valence electrons. The predicted molar refractivity (Wildman–Crippen MR) is 87.5 cm³/mol. The van der Waals surface area contributed by atoms with E-state index in [-0.39, 0.29) is 5.82 Å². The van der Waals surface area contributed by atoms with Crippen LogP contribution in [0.2, 0.25) is 0 Å². The van der Waals surface area contributed by atoms with E-state index in [4.69, 9.17) is 5.84 Å². The first kappa shape index (κ1) is 14.4. The highest BCUT2D eigenvalue weighted by molar-refractivity contribution is 14.1. The molecule has 0 spiro atoms. The average molecular weight is 416 g/mol. The summed E-state index contributed by atoms with van der Waals surface area (Å²) in [6, 6.07) is 4.79. The zero-order chi connectivity index (χ0) is 15.0. The second kappa shape index (κ2) is 5.70. The van der Waals surface area contributed by atoms with Crippen molar-refractivity contribution in [3.63, 3.8) is 0 Å². The quantitative estimate of drug-likeness (QED) is 0.298. The molecule has 0 radical (unpaired) electrons. The Morgan fingerprint density at radius 2 is 2.33 bits per heavy atom. The topological polar surface area (TPSA) is 72.9 Å². The molecule has 0 aliphatic carbocycles. The zero-order valence-electron chi connectivity index (χ0n) is 10.6. The highest BCUT2D eigenvalue weighted by Gasteiger charge is 2.20. The smallest absolute Gasteiger partial charge is 0.275 e. The van der Waals surface area contributed by atoms with Crippen LogP contribution in [0.3, 0.4) is 0 Å². The second-order valence-electron chi connectivity index (χ2n) is 4.35. The van der Waals surface area contributed by atoms with Crippen molar-refractivity contribution < 1.29 is 9.18 Å². The van der Waals surface area contributed by atoms with Gasteiger partial charge in [-0.1, -0.05) is 6.07 Å². The van der Waals surface area contributed by atoms with Crippen LogP contribution in [0.15, 0.2) is 30.6 Å². The summed E-state index contributed by atoms with van der Waals surface area (Å²) in [4.78, 5) is 12.3. The normalized spacial score (nSPS) is 11.0. The number of carbonyl (C=O) groups excluding carboxylic acids is 1. The Morgan fingerprint density at radius 1 is 1.52 bits per heavy atom. The molecule has 8 heteroatoms. The van der Waals surface area contributed by atoms with Crippen LogP contribution in [0.4, 0.5) is 4.39 Å². The van der Waals surface area contributed by atoms with E-state index >= 15 is 0 Å². The van der Waals surface area contributed by atoms with E-state index in [9.17, 15) is 9.18 Å². The number of thiophene rings is 1. The fraction of sp³-hybridized carbons (Fsp3) is 0.0769. The number of nitrogens with one attached hydrogen (secondary N) is 1. The van der Waals surface area contributed by atoms with Crippen LogP contribution in [0, 0.1) is 9.39 Å². The van der Waals surface area contributed by atoms with Crippen LogP contribution in [0.5, 0.6) is 0 Å². The number of hydrogen-bond acceptors (Lipinski definition) is 4. The minimum absolute atomic E-state index is 0.312. The van der Waals surface area contributed by atoms with Crippen LogP contribution < -0.4 is 11.3 Å². The van der Waals surface area contributed by atoms with Crippen molar-refractivity contribution in [3.05, 3.63) is 50.4 Å². The molecule has 5 nitrogen and oxygen atoms in total. The molecule has 21 heavy (non-hydrogen) atoms. The van der Waals surface area contributed by atoms with Gasteiger partial charge in [0.15, 0.2) is 0 Å². The van der Waals surface area contributed by atoms with E-state index < -0.39 is 5.91 Å². The number of nitrogens with zero attached hydrogens (tertiary/aromatic N) is 2. The van der Waals surface area contributed by atoms with Crippen LogP contribution in [-0.2, 0) is 6.54 Å². The Hall–Kier alpha value is -1.52. The molecule has 2 aromatic heterocycles. The number of hydrogen-bond donors (Lipinski definition) is 2. The molecule has 0 aliphatic heterocycles. The molecule has 0 saturated carbocycles. The van der Waals surface area contributed by atoms with Crippen LogP contribution in [0.1, 0.15) is 15.2 Å². The lowest BCUT2D eigenvalue weighted by Gasteiger charge is -2.05. The highest BCUT2D eigenvalue weighted by atomic mass is 127. The summed E-state index contributed by atoms with van der Waals surface area (Å²) in [6.45, 7) is 0.312. The first-order valence-corrected chi connectivity index (χ1v) is 7.88. The first-order valence-electron chi connectivity index (χ1n) is 5.99. The number of nitrogens with two attached hydrogens (primary N) is 1. The molecule has 1 amide bonds. The Morgan fingerprint density at radius 3 is 3.00 bits per heavy atom. The molecule has 0 saturated heterocycles. The van der Waals surface area contributed by atoms with Gasteiger partial charge >= 0.3 is 0 Å². The summed E-state index contributed by atoms with van der Waals surface area (Å²) < 4.78 is 17.5. The monoisotopic (exact) mass is 416 g/mol. The highest BCUT2D eigenvalue weighted by Crippen LogP contribution is 2.33. The zero-order valence-corrected chi connectivity index (χ0v) is 13.6. The largest absolute Gasteiger partial charge is 0.289 e. The predicted octanol–water partition coefficient (Wildman–Crippen LogP) is 2.49. The van der Waals surface area contributed by atoms with Gasteiger partial charge in [0, 0.05) is 21.8 Å². The van der Waals surface area contributed by atoms with Gasteiger partial charge in [0.05, 0.1) is 21.2 Å². The molecular weight excluding hydrogens is 406 g/mol. The Balaban J connectivity index is 2.19. The van der Waals surface area contributed by atoms with Gasteiger partial charge in [-0.25, -0.2) is 10.2 Å².